The molecule has 0 spiro atoms. The van der Waals surface area contributed by atoms with Crippen molar-refractivity contribution in [3.05, 3.63) is 89.0 Å². The van der Waals surface area contributed by atoms with Gasteiger partial charge in [0.1, 0.15) is 17.5 Å². The molecule has 5 aliphatic rings. The van der Waals surface area contributed by atoms with Crippen LogP contribution < -0.4 is 10.1 Å². The van der Waals surface area contributed by atoms with Crippen molar-refractivity contribution >= 4 is 17.8 Å². The average molecular weight is 1360 g/mol. The number of benzene rings is 2. The molecule has 28 heteroatoms. The predicted octanol–water partition coefficient (Wildman–Crippen LogP) is 7.31. The Hall–Kier alpha value is -5.66. The van der Waals surface area contributed by atoms with E-state index in [-0.39, 0.29) is 87.7 Å². The molecule has 6 heterocycles. The van der Waals surface area contributed by atoms with Crippen LogP contribution in [0.3, 0.4) is 0 Å². The molecule has 2 aromatic heterocycles. The molecule has 2 amide bonds. The molecule has 0 radical (unpaired) electrons. The Morgan fingerprint density at radius 2 is 1.19 bits per heavy atom. The number of likely N-dealkylation sites (tertiary alicyclic amines) is 1. The van der Waals surface area contributed by atoms with Crippen LogP contribution in [0.5, 0.6) is 5.75 Å². The van der Waals surface area contributed by atoms with Crippen molar-refractivity contribution in [1.29, 1.82) is 0 Å². The summed E-state index contributed by atoms with van der Waals surface area (Å²) >= 11 is 0. The van der Waals surface area contributed by atoms with Crippen LogP contribution in [-0.4, -0.2) is 250 Å². The van der Waals surface area contributed by atoms with Gasteiger partial charge in [0.2, 0.25) is 23.5 Å². The predicted molar refractivity (Wildman–Crippen MR) is 343 cm³/mol. The number of esters is 1. The van der Waals surface area contributed by atoms with Crippen molar-refractivity contribution in [3.8, 4) is 5.75 Å². The monoisotopic (exact) mass is 1360 g/mol. The van der Waals surface area contributed by atoms with Gasteiger partial charge in [-0.05, 0) is 89.7 Å². The summed E-state index contributed by atoms with van der Waals surface area (Å²) in [7, 11) is 0. The molecule has 1 saturated carbocycles. The Kier molecular flexibility index (Phi) is 30.9. The molecule has 1 N–H and O–H groups in total. The van der Waals surface area contributed by atoms with Gasteiger partial charge in [0.05, 0.1) is 136 Å². The van der Waals surface area contributed by atoms with Crippen LogP contribution in [0.1, 0.15) is 131 Å². The zero-order valence-corrected chi connectivity index (χ0v) is 55.8. The summed E-state index contributed by atoms with van der Waals surface area (Å²) in [6.45, 7) is 16.7. The number of halogens is 5. The van der Waals surface area contributed by atoms with E-state index in [0.29, 0.717) is 123 Å². The van der Waals surface area contributed by atoms with E-state index in [4.69, 9.17) is 43.0 Å². The zero-order valence-electron chi connectivity index (χ0n) is 55.8. The quantitative estimate of drug-likeness (QED) is 0.0198. The largest absolute Gasteiger partial charge is 0.420 e. The molecular weight excluding hydrogens is 1260 g/mol. The molecule has 9 rings (SSSR count). The summed E-state index contributed by atoms with van der Waals surface area (Å²) in [5.74, 6) is -6.28. The van der Waals surface area contributed by atoms with Gasteiger partial charge >= 0.3 is 5.97 Å². The molecule has 23 nitrogen and oxygen atoms in total. The molecule has 534 valence electrons. The van der Waals surface area contributed by atoms with Gasteiger partial charge < -0.3 is 67.2 Å². The number of carbonyl (C=O) groups excluding carboxylic acids is 3. The van der Waals surface area contributed by atoms with Gasteiger partial charge in [0.15, 0.2) is 11.6 Å². The first-order valence-electron chi connectivity index (χ1n) is 34.8. The summed E-state index contributed by atoms with van der Waals surface area (Å²) in [6, 6.07) is 11.8. The average Bonchev–Trinajstić information content (AvgIpc) is 1.60. The van der Waals surface area contributed by atoms with Gasteiger partial charge in [-0.15, -0.1) is 15.3 Å². The van der Waals surface area contributed by atoms with E-state index in [1.165, 1.54) is 0 Å². The second kappa shape index (κ2) is 39.8. The fraction of sp³-hybridized carbons (Fsp3) is 0.721. The number of hydrogen-bond donors (Lipinski definition) is 1. The van der Waals surface area contributed by atoms with E-state index in [0.717, 1.165) is 140 Å². The number of ether oxygens (including phenoxy) is 9. The van der Waals surface area contributed by atoms with Crippen molar-refractivity contribution in [3.63, 3.8) is 0 Å². The van der Waals surface area contributed by atoms with Crippen LogP contribution in [-0.2, 0) is 65.2 Å². The van der Waals surface area contributed by atoms with Crippen molar-refractivity contribution in [1.82, 2.24) is 54.7 Å². The Balaban J connectivity index is 0.521. The Labute approximate surface area is 560 Å². The molecule has 2 bridgehead atoms. The van der Waals surface area contributed by atoms with E-state index in [1.54, 1.807) is 0 Å². The number of nitrogens with zero attached hydrogens (tertiary/aromatic N) is 10. The van der Waals surface area contributed by atoms with E-state index in [2.05, 4.69) is 56.6 Å². The number of alkyl halides is 2. The molecule has 3 unspecified atom stereocenters. The number of piperidine rings is 1. The first-order valence-corrected chi connectivity index (χ1v) is 34.8. The van der Waals surface area contributed by atoms with Crippen LogP contribution in [0.25, 0.3) is 0 Å². The van der Waals surface area contributed by atoms with Crippen LogP contribution in [0.15, 0.2) is 48.7 Å². The highest BCUT2D eigenvalue weighted by atomic mass is 19.3. The molecule has 4 aromatic rings. The van der Waals surface area contributed by atoms with Crippen LogP contribution in [0, 0.1) is 30.3 Å². The number of unbranched alkanes of at least 4 members (excludes halogenated alkanes) is 1. The number of aromatic nitrogens is 6. The van der Waals surface area contributed by atoms with Crippen LogP contribution in [0.4, 0.5) is 22.0 Å². The Morgan fingerprint density at radius 3 is 1.79 bits per heavy atom. The zero-order chi connectivity index (χ0) is 67.3. The molecule has 2 aromatic carbocycles. The molecule has 4 atom stereocenters. The number of aryl methyl sites for hydroxylation is 2. The second-order valence-electron chi connectivity index (χ2n) is 25.5. The van der Waals surface area contributed by atoms with E-state index in [9.17, 15) is 36.3 Å². The first-order chi connectivity index (χ1) is 46.8. The summed E-state index contributed by atoms with van der Waals surface area (Å²) in [4.78, 5) is 48.5. The number of amides is 2. The van der Waals surface area contributed by atoms with Crippen molar-refractivity contribution in [2.24, 2.45) is 5.92 Å². The van der Waals surface area contributed by atoms with Gasteiger partial charge in [-0.25, -0.2) is 26.6 Å². The summed E-state index contributed by atoms with van der Waals surface area (Å²) in [6.07, 6.45) is 11.0. The van der Waals surface area contributed by atoms with Crippen molar-refractivity contribution in [2.75, 3.05) is 165 Å². The highest BCUT2D eigenvalue weighted by Crippen LogP contribution is 2.47. The van der Waals surface area contributed by atoms with Gasteiger partial charge in [-0.3, -0.25) is 19.3 Å². The Morgan fingerprint density at radius 1 is 0.615 bits per heavy atom. The molecule has 4 saturated heterocycles. The van der Waals surface area contributed by atoms with Crippen molar-refractivity contribution in [2.45, 2.75) is 146 Å². The normalized spacial score (nSPS) is 20.0. The summed E-state index contributed by atoms with van der Waals surface area (Å²) < 4.78 is 121. The van der Waals surface area contributed by atoms with Crippen molar-refractivity contribution < 1.29 is 79.0 Å². The van der Waals surface area contributed by atoms with Gasteiger partial charge in [-0.2, -0.15) is 0 Å². The minimum Gasteiger partial charge on any atom is -0.420 e. The number of piperazine rings is 1. The molecule has 4 aliphatic heterocycles. The molecule has 96 heavy (non-hydrogen) atoms. The number of hydrogen-bond acceptors (Lipinski definition) is 19. The highest BCUT2D eigenvalue weighted by Gasteiger charge is 2.48. The number of rotatable bonds is 44. The lowest BCUT2D eigenvalue weighted by Crippen LogP contribution is -2.47. The van der Waals surface area contributed by atoms with Gasteiger partial charge in [0.25, 0.3) is 0 Å². The fourth-order valence-corrected chi connectivity index (χ4v) is 13.6. The van der Waals surface area contributed by atoms with Crippen LogP contribution >= 0.6 is 0 Å². The second-order valence-corrected chi connectivity index (χ2v) is 25.5. The summed E-state index contributed by atoms with van der Waals surface area (Å²) in [5, 5.41) is 21.4. The Bertz CT molecular complexity index is 2910. The summed E-state index contributed by atoms with van der Waals surface area (Å²) in [5.41, 5.74) is 2.03. The third kappa shape index (κ3) is 24.1. The van der Waals surface area contributed by atoms with Gasteiger partial charge in [-0.1, -0.05) is 35.5 Å². The first kappa shape index (κ1) is 74.6. The minimum atomic E-state index is -2.67. The lowest BCUT2D eigenvalue weighted by atomic mass is 9.86. The highest BCUT2D eigenvalue weighted by molar-refractivity contribution is 5.79. The SMILES string of the molecule is Cc1nnc(C2CCN(C(=O)CCN3CCN(CCCCc4cn(CCOCCOCCOCCOCCOCCOCCOCCOCCC(=O)Oc5c(F)cc(F)cc5F)nn4)CC3)CC2)n1C1CC2CCC1N2CC[C@H](NC(=O)C1CCC(F)(F)CC1)c1ccccc1. The number of fused-ring (bicyclic) bond motifs is 2. The smallest absolute Gasteiger partial charge is 0.313 e. The van der Waals surface area contributed by atoms with E-state index >= 15 is 0 Å². The maximum atomic E-state index is 13.9. The lowest BCUT2D eigenvalue weighted by Gasteiger charge is -2.36. The minimum absolute atomic E-state index is 0.0447. The van der Waals surface area contributed by atoms with E-state index in [1.807, 2.05) is 41.2 Å². The third-order valence-electron chi connectivity index (χ3n) is 18.9. The fourth-order valence-electron chi connectivity index (χ4n) is 13.6. The maximum Gasteiger partial charge on any atom is 0.313 e. The number of carbonyl (C=O) groups is 3. The molecule has 1 aliphatic carbocycles. The number of nitrogens with one attached hydrogen (secondary N) is 1. The van der Waals surface area contributed by atoms with Gasteiger partial charge in [0, 0.05) is 114 Å². The third-order valence-corrected chi connectivity index (χ3v) is 18.9. The molecule has 5 fully saturated rings. The maximum absolute atomic E-state index is 13.9. The standard InChI is InChI=1S/C68H100F5N11O12/c1-51-75-77-66(84(51)62-49-57-10-11-61(62)83(57)25-16-60(52-7-3-2-4-8-52)74-67(87)54-12-19-68(72,73)20-13-54)53-14-23-81(24-15-53)63(85)17-22-80-28-26-79(27-29-80)21-6-5-9-56-50-82(78-76-56)30-32-89-34-36-91-38-40-93-42-44-95-46-45-94-43-41-92-39-37-90-35-33-88-31-18-64(86)96-65-58(70)47-55(69)48-59(65)71/h2-4,7-8,47-48,50,53-54,57,60-62H,5-6,9-46,49H2,1H3,(H,74,87)/t57?,60-,61?,62?/m0/s1. The molecular formula is C68H100F5N11O12. The lowest BCUT2D eigenvalue weighted by molar-refractivity contribution is -0.136. The topological polar surface area (TPSA) is 221 Å². The van der Waals surface area contributed by atoms with E-state index < -0.39 is 35.1 Å². The van der Waals surface area contributed by atoms with Crippen LogP contribution in [0.2, 0.25) is 0 Å².